The lowest BCUT2D eigenvalue weighted by atomic mass is 10.2. The van der Waals surface area contributed by atoms with Crippen molar-refractivity contribution in [1.82, 2.24) is 10.3 Å². The first-order valence-corrected chi connectivity index (χ1v) is 8.45. The molecule has 3 aromatic rings. The van der Waals surface area contributed by atoms with E-state index in [0.717, 1.165) is 27.2 Å². The molecule has 2 aromatic carbocycles. The molecule has 5 nitrogen and oxygen atoms in total. The number of anilines is 1. The summed E-state index contributed by atoms with van der Waals surface area (Å²) in [6.45, 7) is 0.428. The molecule has 0 aliphatic rings. The van der Waals surface area contributed by atoms with E-state index < -0.39 is 0 Å². The van der Waals surface area contributed by atoms with Crippen LogP contribution in [0, 0.1) is 0 Å². The van der Waals surface area contributed by atoms with Gasteiger partial charge in [0.2, 0.25) is 0 Å². The first-order valence-electron chi connectivity index (χ1n) is 7.66. The highest BCUT2D eigenvalue weighted by Crippen LogP contribution is 2.20. The van der Waals surface area contributed by atoms with Crippen LogP contribution in [0.15, 0.2) is 77.5 Å². The molecule has 25 heavy (non-hydrogen) atoms. The molecule has 0 fully saturated rings. The monoisotopic (exact) mass is 397 g/mol. The number of nitrogens with zero attached hydrogens (tertiary/aromatic N) is 1. The van der Waals surface area contributed by atoms with Crippen molar-refractivity contribution in [2.75, 3.05) is 5.32 Å². The van der Waals surface area contributed by atoms with Gasteiger partial charge in [-0.3, -0.25) is 4.98 Å². The van der Waals surface area contributed by atoms with Crippen molar-refractivity contribution >= 4 is 27.6 Å². The molecule has 0 spiro atoms. The van der Waals surface area contributed by atoms with Crippen LogP contribution in [-0.2, 0) is 6.54 Å². The molecule has 6 heteroatoms. The summed E-state index contributed by atoms with van der Waals surface area (Å²) in [6, 6.07) is 18.3. The zero-order valence-electron chi connectivity index (χ0n) is 13.3. The van der Waals surface area contributed by atoms with Crippen molar-refractivity contribution in [1.29, 1.82) is 0 Å². The first-order chi connectivity index (χ1) is 12.2. The molecule has 0 saturated carbocycles. The van der Waals surface area contributed by atoms with E-state index in [1.54, 1.807) is 24.5 Å². The maximum absolute atomic E-state index is 11.9. The van der Waals surface area contributed by atoms with Crippen molar-refractivity contribution in [2.24, 2.45) is 0 Å². The summed E-state index contributed by atoms with van der Waals surface area (Å²) >= 11 is 3.36. The fourth-order valence-corrected chi connectivity index (χ4v) is 2.37. The quantitative estimate of drug-likeness (QED) is 0.639. The molecule has 0 aliphatic carbocycles. The largest absolute Gasteiger partial charge is 0.457 e. The second-order valence-corrected chi connectivity index (χ2v) is 6.16. The van der Waals surface area contributed by atoms with Crippen molar-refractivity contribution < 1.29 is 9.53 Å². The van der Waals surface area contributed by atoms with E-state index in [9.17, 15) is 4.79 Å². The summed E-state index contributed by atoms with van der Waals surface area (Å²) in [5, 5.41) is 5.60. The number of hydrogen-bond acceptors (Lipinski definition) is 3. The van der Waals surface area contributed by atoms with E-state index in [1.165, 1.54) is 0 Å². The third-order valence-corrected chi connectivity index (χ3v) is 3.89. The minimum absolute atomic E-state index is 0.251. The number of rotatable bonds is 5. The Hall–Kier alpha value is -2.86. The van der Waals surface area contributed by atoms with Gasteiger partial charge in [-0.05, 0) is 54.1 Å². The summed E-state index contributed by atoms with van der Waals surface area (Å²) in [7, 11) is 0. The maximum Gasteiger partial charge on any atom is 0.319 e. The predicted octanol–water partition coefficient (Wildman–Crippen LogP) is 4.96. The van der Waals surface area contributed by atoms with Gasteiger partial charge < -0.3 is 15.4 Å². The molecule has 1 heterocycles. The minimum Gasteiger partial charge on any atom is -0.457 e. The summed E-state index contributed by atoms with van der Waals surface area (Å²) in [6.07, 6.45) is 3.36. The molecule has 0 bridgehead atoms. The number of nitrogens with one attached hydrogen (secondary N) is 2. The van der Waals surface area contributed by atoms with Gasteiger partial charge in [0.15, 0.2) is 0 Å². The zero-order valence-corrected chi connectivity index (χ0v) is 14.9. The van der Waals surface area contributed by atoms with Crippen LogP contribution >= 0.6 is 15.9 Å². The topological polar surface area (TPSA) is 63.2 Å². The van der Waals surface area contributed by atoms with E-state index in [4.69, 9.17) is 4.74 Å². The molecular formula is C19H16BrN3O2. The summed E-state index contributed by atoms with van der Waals surface area (Å²) in [5.74, 6) is 1.46. The van der Waals surface area contributed by atoms with Gasteiger partial charge in [0.1, 0.15) is 11.5 Å². The number of benzene rings is 2. The number of hydrogen-bond donors (Lipinski definition) is 2. The van der Waals surface area contributed by atoms with Crippen molar-refractivity contribution in [2.45, 2.75) is 6.54 Å². The lowest BCUT2D eigenvalue weighted by molar-refractivity contribution is 0.251. The van der Waals surface area contributed by atoms with Crippen molar-refractivity contribution in [3.63, 3.8) is 0 Å². The van der Waals surface area contributed by atoms with Crippen LogP contribution in [0.4, 0.5) is 10.5 Å². The van der Waals surface area contributed by atoms with Gasteiger partial charge in [0.25, 0.3) is 0 Å². The number of aromatic nitrogens is 1. The van der Waals surface area contributed by atoms with Crippen LogP contribution in [0.5, 0.6) is 11.5 Å². The summed E-state index contributed by atoms with van der Waals surface area (Å²) in [4.78, 5) is 15.9. The Morgan fingerprint density at radius 2 is 1.56 bits per heavy atom. The number of ether oxygens (including phenoxy) is 1. The number of carbonyl (C=O) groups excluding carboxylic acids is 1. The molecule has 126 valence electrons. The van der Waals surface area contributed by atoms with Gasteiger partial charge in [-0.25, -0.2) is 4.79 Å². The number of halogens is 1. The first kappa shape index (κ1) is 17.0. The SMILES string of the molecule is O=C(NCc1ccc(Oc2ccncc2)cc1)Nc1ccc(Br)cc1. The van der Waals surface area contributed by atoms with Crippen LogP contribution in [0.1, 0.15) is 5.56 Å². The zero-order chi connectivity index (χ0) is 17.5. The summed E-state index contributed by atoms with van der Waals surface area (Å²) in [5.41, 5.74) is 1.72. The Morgan fingerprint density at radius 1 is 0.920 bits per heavy atom. The lowest BCUT2D eigenvalue weighted by Gasteiger charge is -2.09. The lowest BCUT2D eigenvalue weighted by Crippen LogP contribution is -2.28. The molecule has 0 radical (unpaired) electrons. The smallest absolute Gasteiger partial charge is 0.319 e. The van der Waals surface area contributed by atoms with E-state index >= 15 is 0 Å². The molecule has 2 amide bonds. The molecule has 1 aromatic heterocycles. The fourth-order valence-electron chi connectivity index (χ4n) is 2.11. The van der Waals surface area contributed by atoms with Gasteiger partial charge in [-0.1, -0.05) is 28.1 Å². The molecule has 3 rings (SSSR count). The molecule has 2 N–H and O–H groups in total. The van der Waals surface area contributed by atoms with E-state index in [0.29, 0.717) is 6.54 Å². The van der Waals surface area contributed by atoms with Crippen LogP contribution in [-0.4, -0.2) is 11.0 Å². The van der Waals surface area contributed by atoms with Gasteiger partial charge in [-0.2, -0.15) is 0 Å². The number of carbonyl (C=O) groups is 1. The highest BCUT2D eigenvalue weighted by atomic mass is 79.9. The highest BCUT2D eigenvalue weighted by Gasteiger charge is 2.02. The maximum atomic E-state index is 11.9. The van der Waals surface area contributed by atoms with Crippen LogP contribution < -0.4 is 15.4 Å². The average molecular weight is 398 g/mol. The van der Waals surface area contributed by atoms with E-state index in [2.05, 4.69) is 31.5 Å². The van der Waals surface area contributed by atoms with Crippen LogP contribution in [0.3, 0.4) is 0 Å². The Labute approximate surface area is 154 Å². The normalized spacial score (nSPS) is 10.1. The Morgan fingerprint density at radius 3 is 2.24 bits per heavy atom. The predicted molar refractivity (Wildman–Crippen MR) is 101 cm³/mol. The molecular weight excluding hydrogens is 382 g/mol. The number of urea groups is 1. The minimum atomic E-state index is -0.251. The van der Waals surface area contributed by atoms with Gasteiger partial charge in [-0.15, -0.1) is 0 Å². The standard InChI is InChI=1S/C19H16BrN3O2/c20-15-3-5-16(6-4-15)23-19(24)22-13-14-1-7-17(8-2-14)25-18-9-11-21-12-10-18/h1-12H,13H2,(H2,22,23,24). The van der Waals surface area contributed by atoms with Gasteiger partial charge >= 0.3 is 6.03 Å². The third kappa shape index (κ3) is 5.32. The molecule has 0 aliphatic heterocycles. The third-order valence-electron chi connectivity index (χ3n) is 3.36. The Kier molecular flexibility index (Phi) is 5.64. The second-order valence-electron chi connectivity index (χ2n) is 5.24. The highest BCUT2D eigenvalue weighted by molar-refractivity contribution is 9.10. The second kappa shape index (κ2) is 8.30. The Balaban J connectivity index is 1.49. The van der Waals surface area contributed by atoms with Crippen molar-refractivity contribution in [3.8, 4) is 11.5 Å². The van der Waals surface area contributed by atoms with Gasteiger partial charge in [0.05, 0.1) is 0 Å². The fraction of sp³-hybridized carbons (Fsp3) is 0.0526. The van der Waals surface area contributed by atoms with Crippen LogP contribution in [0.25, 0.3) is 0 Å². The Bertz CT molecular complexity index is 822. The number of pyridine rings is 1. The molecule has 0 atom stereocenters. The molecule has 0 unspecified atom stereocenters. The summed E-state index contributed by atoms with van der Waals surface area (Å²) < 4.78 is 6.67. The molecule has 0 saturated heterocycles. The van der Waals surface area contributed by atoms with Gasteiger partial charge in [0, 0.05) is 29.1 Å². The van der Waals surface area contributed by atoms with Crippen molar-refractivity contribution in [3.05, 3.63) is 83.1 Å². The van der Waals surface area contributed by atoms with E-state index in [1.807, 2.05) is 48.5 Å². The van der Waals surface area contributed by atoms with Crippen LogP contribution in [0.2, 0.25) is 0 Å². The average Bonchev–Trinajstić information content (AvgIpc) is 2.64. The van der Waals surface area contributed by atoms with E-state index in [-0.39, 0.29) is 6.03 Å². The number of amides is 2.